The predicted octanol–water partition coefficient (Wildman–Crippen LogP) is 17.5. The van der Waals surface area contributed by atoms with E-state index in [-0.39, 0.29) is 12.5 Å². The molecule has 1 rings (SSSR count). The van der Waals surface area contributed by atoms with Crippen LogP contribution in [0.1, 0.15) is 328 Å². The monoisotopic (exact) mass is 1070 g/mol. The van der Waals surface area contributed by atoms with Crippen LogP contribution >= 0.6 is 0 Å². The Balaban J connectivity index is 2.10. The van der Waals surface area contributed by atoms with Gasteiger partial charge in [-0.2, -0.15) is 0 Å². The van der Waals surface area contributed by atoms with Crippen LogP contribution in [0.25, 0.3) is 0 Å². The number of hydrogen-bond acceptors (Lipinski definition) is 8. The smallest absolute Gasteiger partial charge is 0.220 e. The Morgan fingerprint density at radius 2 is 0.750 bits per heavy atom. The number of allylic oxidation sites excluding steroid dienone is 5. The van der Waals surface area contributed by atoms with Gasteiger partial charge in [0.25, 0.3) is 0 Å². The van der Waals surface area contributed by atoms with Crippen molar-refractivity contribution in [2.45, 2.75) is 371 Å². The summed E-state index contributed by atoms with van der Waals surface area (Å²) in [7, 11) is 0. The van der Waals surface area contributed by atoms with E-state index in [9.17, 15) is 30.3 Å². The first kappa shape index (κ1) is 72.4. The molecule has 0 bridgehead atoms. The van der Waals surface area contributed by atoms with E-state index in [2.05, 4.69) is 43.5 Å². The Morgan fingerprint density at radius 3 is 1.11 bits per heavy atom. The molecule has 1 aliphatic heterocycles. The molecule has 9 heteroatoms. The summed E-state index contributed by atoms with van der Waals surface area (Å²) < 4.78 is 11.3. The third kappa shape index (κ3) is 45.2. The fourth-order valence-corrected chi connectivity index (χ4v) is 10.7. The molecular weight excluding hydrogens is 947 g/mol. The number of nitrogens with one attached hydrogen (secondary N) is 1. The van der Waals surface area contributed by atoms with E-state index in [1.54, 1.807) is 6.08 Å². The largest absolute Gasteiger partial charge is 0.394 e. The second-order valence-electron chi connectivity index (χ2n) is 23.3. The molecule has 1 heterocycles. The lowest BCUT2D eigenvalue weighted by molar-refractivity contribution is -0.302. The molecule has 7 atom stereocenters. The van der Waals surface area contributed by atoms with Gasteiger partial charge in [0.2, 0.25) is 5.91 Å². The van der Waals surface area contributed by atoms with Crippen molar-refractivity contribution in [2.75, 3.05) is 13.2 Å². The summed E-state index contributed by atoms with van der Waals surface area (Å²) in [5.74, 6) is -0.185. The zero-order chi connectivity index (χ0) is 55.0. The van der Waals surface area contributed by atoms with E-state index >= 15 is 0 Å². The van der Waals surface area contributed by atoms with Crippen molar-refractivity contribution in [3.8, 4) is 0 Å². The molecule has 1 fully saturated rings. The highest BCUT2D eigenvalue weighted by atomic mass is 16.7. The summed E-state index contributed by atoms with van der Waals surface area (Å²) in [6, 6.07) is -0.827. The molecular formula is C67H127NO8. The Bertz CT molecular complexity index is 1290. The van der Waals surface area contributed by atoms with Gasteiger partial charge < -0.3 is 40.3 Å². The van der Waals surface area contributed by atoms with Crippen LogP contribution in [0.15, 0.2) is 36.5 Å². The maximum absolute atomic E-state index is 13.1. The Morgan fingerprint density at radius 1 is 0.434 bits per heavy atom. The number of aliphatic hydroxyl groups is 5. The van der Waals surface area contributed by atoms with E-state index in [1.807, 2.05) is 6.08 Å². The molecule has 1 amide bonds. The normalized spacial score (nSPS) is 19.0. The lowest BCUT2D eigenvalue weighted by atomic mass is 9.99. The van der Waals surface area contributed by atoms with E-state index in [1.165, 1.54) is 263 Å². The molecule has 448 valence electrons. The third-order valence-electron chi connectivity index (χ3n) is 15.9. The van der Waals surface area contributed by atoms with Crippen molar-refractivity contribution < 1.29 is 39.8 Å². The van der Waals surface area contributed by atoms with Crippen LogP contribution < -0.4 is 5.32 Å². The van der Waals surface area contributed by atoms with Crippen LogP contribution in [0.5, 0.6) is 0 Å². The van der Waals surface area contributed by atoms with Gasteiger partial charge in [-0.25, -0.2) is 0 Å². The minimum Gasteiger partial charge on any atom is -0.394 e. The van der Waals surface area contributed by atoms with Gasteiger partial charge in [-0.3, -0.25) is 4.79 Å². The van der Waals surface area contributed by atoms with Gasteiger partial charge in [0, 0.05) is 6.42 Å². The van der Waals surface area contributed by atoms with Gasteiger partial charge in [-0.15, -0.1) is 0 Å². The number of aliphatic hydroxyl groups excluding tert-OH is 5. The molecule has 0 aromatic rings. The Hall–Kier alpha value is -1.59. The minimum atomic E-state index is -1.57. The molecule has 1 saturated heterocycles. The first-order chi connectivity index (χ1) is 37.3. The average Bonchev–Trinajstić information content (AvgIpc) is 3.42. The topological polar surface area (TPSA) is 149 Å². The zero-order valence-corrected chi connectivity index (χ0v) is 50.0. The number of ether oxygens (including phenoxy) is 2. The summed E-state index contributed by atoms with van der Waals surface area (Å²) in [6.45, 7) is 3.79. The SMILES string of the molecule is CCCCCCCCCC/C=C/CC/C=C/CC/C=C/C(O)C(COC1OC(CO)C(O)C(O)C1O)NC(=O)CCCCCCCCCCCCCCCCCCCCCCCCCCCCCCCCCCCCC. The van der Waals surface area contributed by atoms with Crippen molar-refractivity contribution >= 4 is 5.91 Å². The van der Waals surface area contributed by atoms with Crippen LogP contribution in [-0.2, 0) is 14.3 Å². The average molecular weight is 1070 g/mol. The maximum Gasteiger partial charge on any atom is 0.220 e. The van der Waals surface area contributed by atoms with Crippen molar-refractivity contribution in [1.29, 1.82) is 0 Å². The molecule has 0 radical (unpaired) electrons. The first-order valence-corrected chi connectivity index (χ1v) is 33.2. The highest BCUT2D eigenvalue weighted by Gasteiger charge is 2.44. The quantitative estimate of drug-likeness (QED) is 0.0261. The van der Waals surface area contributed by atoms with Gasteiger partial charge in [0.15, 0.2) is 6.29 Å². The van der Waals surface area contributed by atoms with Crippen LogP contribution in [0, 0.1) is 0 Å². The van der Waals surface area contributed by atoms with Gasteiger partial charge in [-0.1, -0.05) is 314 Å². The molecule has 0 aromatic heterocycles. The highest BCUT2D eigenvalue weighted by Crippen LogP contribution is 2.23. The number of carbonyl (C=O) groups is 1. The van der Waals surface area contributed by atoms with Crippen LogP contribution in [0.2, 0.25) is 0 Å². The number of rotatable bonds is 58. The van der Waals surface area contributed by atoms with Crippen molar-refractivity contribution in [1.82, 2.24) is 5.32 Å². The fraction of sp³-hybridized carbons (Fsp3) is 0.896. The van der Waals surface area contributed by atoms with E-state index < -0.39 is 49.5 Å². The van der Waals surface area contributed by atoms with Gasteiger partial charge in [0.1, 0.15) is 24.4 Å². The standard InChI is InChI=1S/C67H127NO8/c1-3-5-7-9-11-13-15-17-19-21-23-24-25-26-27-28-29-30-31-32-33-34-35-36-37-38-39-41-43-45-47-49-51-53-55-57-63(71)68-60(59-75-67-66(74)65(73)64(72)62(58-69)76-67)61(70)56-54-52-50-48-46-44-42-40-22-20-18-16-14-12-10-8-6-4-2/h22,40,46,48,54,56,60-62,64-67,69-70,72-74H,3-21,23-39,41-45,47,49-53,55,57-59H2,1-2H3,(H,68,71)/b40-22+,48-46+,56-54+. The van der Waals surface area contributed by atoms with E-state index in [0.717, 1.165) is 44.9 Å². The molecule has 1 aliphatic rings. The molecule has 0 aromatic carbocycles. The number of carbonyl (C=O) groups excluding carboxylic acids is 1. The van der Waals surface area contributed by atoms with Crippen molar-refractivity contribution in [2.24, 2.45) is 0 Å². The second kappa shape index (κ2) is 56.7. The lowest BCUT2D eigenvalue weighted by Gasteiger charge is -2.40. The predicted molar refractivity (Wildman–Crippen MR) is 323 cm³/mol. The number of unbranched alkanes of at least 4 members (excludes halogenated alkanes) is 44. The molecule has 9 nitrogen and oxygen atoms in total. The minimum absolute atomic E-state index is 0.185. The molecule has 0 aliphatic carbocycles. The van der Waals surface area contributed by atoms with E-state index in [4.69, 9.17) is 9.47 Å². The van der Waals surface area contributed by atoms with Crippen LogP contribution in [0.4, 0.5) is 0 Å². The summed E-state index contributed by atoms with van der Waals surface area (Å²) in [5, 5.41) is 54.6. The van der Waals surface area contributed by atoms with Gasteiger partial charge in [-0.05, 0) is 44.9 Å². The van der Waals surface area contributed by atoms with Crippen molar-refractivity contribution in [3.05, 3.63) is 36.5 Å². The van der Waals surface area contributed by atoms with Gasteiger partial charge >= 0.3 is 0 Å². The summed E-state index contributed by atoms with van der Waals surface area (Å²) in [5.41, 5.74) is 0. The molecule has 0 saturated carbocycles. The molecule has 7 unspecified atom stereocenters. The molecule has 0 spiro atoms. The van der Waals surface area contributed by atoms with Crippen molar-refractivity contribution in [3.63, 3.8) is 0 Å². The summed E-state index contributed by atoms with van der Waals surface area (Å²) in [4.78, 5) is 13.1. The first-order valence-electron chi connectivity index (χ1n) is 33.2. The lowest BCUT2D eigenvalue weighted by Crippen LogP contribution is -2.60. The van der Waals surface area contributed by atoms with Crippen LogP contribution in [0.3, 0.4) is 0 Å². The molecule has 76 heavy (non-hydrogen) atoms. The summed E-state index contributed by atoms with van der Waals surface area (Å²) in [6.07, 6.45) is 68.3. The third-order valence-corrected chi connectivity index (χ3v) is 15.9. The number of amides is 1. The maximum atomic E-state index is 13.1. The fourth-order valence-electron chi connectivity index (χ4n) is 10.7. The Labute approximate surface area is 470 Å². The Kier molecular flexibility index (Phi) is 54.0. The molecule has 6 N–H and O–H groups in total. The zero-order valence-electron chi connectivity index (χ0n) is 50.0. The van der Waals surface area contributed by atoms with E-state index in [0.29, 0.717) is 6.42 Å². The van der Waals surface area contributed by atoms with Crippen LogP contribution in [-0.4, -0.2) is 87.5 Å². The second-order valence-corrected chi connectivity index (χ2v) is 23.3. The summed E-state index contributed by atoms with van der Waals surface area (Å²) >= 11 is 0. The van der Waals surface area contributed by atoms with Gasteiger partial charge in [0.05, 0.1) is 25.4 Å². The highest BCUT2D eigenvalue weighted by molar-refractivity contribution is 5.76. The number of hydrogen-bond donors (Lipinski definition) is 6.